The maximum atomic E-state index is 6.29. The van der Waals surface area contributed by atoms with Gasteiger partial charge in [-0.15, -0.1) is 0 Å². The topological polar surface area (TPSA) is 9.23 Å². The Morgan fingerprint density at radius 3 is 1.90 bits per heavy atom. The molecule has 1 heterocycles. The smallest absolute Gasteiger partial charge is 0.119 e. The van der Waals surface area contributed by atoms with Crippen LogP contribution in [-0.4, -0.2) is 37.8 Å². The molecule has 2 aromatic carbocycles. The van der Waals surface area contributed by atoms with Crippen molar-refractivity contribution in [2.45, 2.75) is 83.5 Å². The molecule has 4 aliphatic carbocycles. The quantitative estimate of drug-likeness (QED) is 0.213. The van der Waals surface area contributed by atoms with Crippen LogP contribution in [0.4, 0.5) is 0 Å². The van der Waals surface area contributed by atoms with Gasteiger partial charge in [-0.25, -0.2) is 0 Å². The molecule has 4 bridgehead atoms. The van der Waals surface area contributed by atoms with E-state index in [0.29, 0.717) is 0 Å². The van der Waals surface area contributed by atoms with Crippen LogP contribution in [-0.2, 0) is 0 Å². The SMILES string of the molecule is C[N+]1(CCCCCCOc2ccc(C(=C3C4CC5CC(C4)CC3C5)c3ccc(Cl)cc3)cc2)CCCCCC1. The number of nitrogens with zero attached hydrogens (tertiary/aromatic N) is 1. The fraction of sp³-hybridized carbons (Fsp3) is 0.611. The van der Waals surface area contributed by atoms with Gasteiger partial charge in [-0.2, -0.15) is 0 Å². The van der Waals surface area contributed by atoms with E-state index >= 15 is 0 Å². The van der Waals surface area contributed by atoms with Crippen LogP contribution in [0.2, 0.25) is 5.02 Å². The zero-order valence-corrected chi connectivity index (χ0v) is 24.9. The molecule has 0 amide bonds. The second kappa shape index (κ2) is 12.4. The highest BCUT2D eigenvalue weighted by molar-refractivity contribution is 6.30. The van der Waals surface area contributed by atoms with Crippen LogP contribution in [0, 0.1) is 23.7 Å². The molecule has 7 rings (SSSR count). The molecule has 0 spiro atoms. The largest absolute Gasteiger partial charge is 0.494 e. The molecule has 1 aliphatic heterocycles. The highest BCUT2D eigenvalue weighted by Gasteiger charge is 2.46. The van der Waals surface area contributed by atoms with Gasteiger partial charge in [-0.05, 0) is 148 Å². The van der Waals surface area contributed by atoms with Crippen molar-refractivity contribution in [3.8, 4) is 5.75 Å². The van der Waals surface area contributed by atoms with Crippen LogP contribution in [0.1, 0.15) is 94.6 Å². The van der Waals surface area contributed by atoms with E-state index in [1.54, 1.807) is 5.57 Å². The van der Waals surface area contributed by atoms with Gasteiger partial charge in [0.2, 0.25) is 0 Å². The number of quaternary nitrogens is 1. The van der Waals surface area contributed by atoms with Crippen LogP contribution in [0.25, 0.3) is 5.57 Å². The fourth-order valence-corrected chi connectivity index (χ4v) is 8.88. The van der Waals surface area contributed by atoms with E-state index in [2.05, 4.69) is 55.6 Å². The zero-order chi connectivity index (χ0) is 26.7. The third-order valence-electron chi connectivity index (χ3n) is 10.6. The van der Waals surface area contributed by atoms with Gasteiger partial charge < -0.3 is 9.22 Å². The minimum absolute atomic E-state index is 0.770. The Hall–Kier alpha value is -1.77. The van der Waals surface area contributed by atoms with E-state index in [1.165, 1.54) is 118 Å². The van der Waals surface area contributed by atoms with Crippen molar-refractivity contribution < 1.29 is 9.22 Å². The van der Waals surface area contributed by atoms with Crippen molar-refractivity contribution in [2.75, 3.05) is 33.3 Å². The first-order chi connectivity index (χ1) is 19.1. The van der Waals surface area contributed by atoms with Gasteiger partial charge in [0.25, 0.3) is 0 Å². The van der Waals surface area contributed by atoms with Crippen LogP contribution in [0.3, 0.4) is 0 Å². The lowest BCUT2D eigenvalue weighted by Gasteiger charge is -2.52. The molecule has 5 aliphatic rings. The van der Waals surface area contributed by atoms with Crippen molar-refractivity contribution in [2.24, 2.45) is 23.7 Å². The average molecular weight is 547 g/mol. The molecular weight excluding hydrogens is 498 g/mol. The summed E-state index contributed by atoms with van der Waals surface area (Å²) in [5, 5.41) is 0.814. The van der Waals surface area contributed by atoms with Gasteiger partial charge >= 0.3 is 0 Å². The van der Waals surface area contributed by atoms with E-state index in [0.717, 1.165) is 47.5 Å². The number of allylic oxidation sites excluding steroid dienone is 1. The molecule has 210 valence electrons. The lowest BCUT2D eigenvalue weighted by atomic mass is 9.53. The lowest BCUT2D eigenvalue weighted by molar-refractivity contribution is -0.909. The summed E-state index contributed by atoms with van der Waals surface area (Å²) in [6, 6.07) is 17.6. The van der Waals surface area contributed by atoms with Crippen molar-refractivity contribution >= 4 is 17.2 Å². The summed E-state index contributed by atoms with van der Waals surface area (Å²) >= 11 is 6.29. The summed E-state index contributed by atoms with van der Waals surface area (Å²) in [6.07, 6.45) is 17.9. The van der Waals surface area contributed by atoms with Gasteiger partial charge in [-0.3, -0.25) is 0 Å². The Morgan fingerprint density at radius 1 is 0.718 bits per heavy atom. The highest BCUT2D eigenvalue weighted by atomic mass is 35.5. The van der Waals surface area contributed by atoms with E-state index in [4.69, 9.17) is 16.3 Å². The van der Waals surface area contributed by atoms with Crippen LogP contribution in [0.15, 0.2) is 54.1 Å². The van der Waals surface area contributed by atoms with E-state index in [9.17, 15) is 0 Å². The molecule has 2 nitrogen and oxygen atoms in total. The van der Waals surface area contributed by atoms with E-state index in [-0.39, 0.29) is 0 Å². The number of unbranched alkanes of at least 4 members (excludes halogenated alkanes) is 3. The van der Waals surface area contributed by atoms with Crippen molar-refractivity contribution in [3.63, 3.8) is 0 Å². The van der Waals surface area contributed by atoms with E-state index in [1.807, 2.05) is 0 Å². The minimum atomic E-state index is 0.770. The minimum Gasteiger partial charge on any atom is -0.494 e. The number of likely N-dealkylation sites (tertiary alicyclic amines) is 1. The van der Waals surface area contributed by atoms with Gasteiger partial charge in [-0.1, -0.05) is 41.4 Å². The Morgan fingerprint density at radius 2 is 1.28 bits per heavy atom. The maximum absolute atomic E-state index is 6.29. The van der Waals surface area contributed by atoms with E-state index < -0.39 is 0 Å². The molecule has 39 heavy (non-hydrogen) atoms. The number of hydrogen-bond donors (Lipinski definition) is 0. The van der Waals surface area contributed by atoms with Crippen LogP contribution < -0.4 is 4.74 Å². The molecule has 0 N–H and O–H groups in total. The molecule has 0 radical (unpaired) electrons. The summed E-state index contributed by atoms with van der Waals surface area (Å²) in [7, 11) is 2.48. The molecule has 0 unspecified atom stereocenters. The Bertz CT molecular complexity index is 1080. The van der Waals surface area contributed by atoms with Gasteiger partial charge in [0, 0.05) is 5.02 Å². The molecule has 4 saturated carbocycles. The molecule has 5 fully saturated rings. The van der Waals surface area contributed by atoms with Crippen molar-refractivity contribution in [1.82, 2.24) is 0 Å². The maximum Gasteiger partial charge on any atom is 0.119 e. The second-order valence-corrected chi connectivity index (χ2v) is 14.1. The number of hydrogen-bond acceptors (Lipinski definition) is 1. The molecule has 0 aromatic heterocycles. The monoisotopic (exact) mass is 546 g/mol. The third kappa shape index (κ3) is 6.59. The third-order valence-corrected chi connectivity index (χ3v) is 10.8. The lowest BCUT2D eigenvalue weighted by Crippen LogP contribution is -2.45. The Labute approximate surface area is 242 Å². The van der Waals surface area contributed by atoms with Crippen LogP contribution >= 0.6 is 11.6 Å². The first-order valence-electron chi connectivity index (χ1n) is 16.1. The predicted molar refractivity (Wildman–Crippen MR) is 164 cm³/mol. The zero-order valence-electron chi connectivity index (χ0n) is 24.2. The normalized spacial score (nSPS) is 27.4. The molecular formula is C36H49ClNO+. The Kier molecular flexibility index (Phi) is 8.71. The number of rotatable bonds is 10. The highest BCUT2D eigenvalue weighted by Crippen LogP contribution is 2.58. The molecule has 0 atom stereocenters. The Balaban J connectivity index is 1.06. The summed E-state index contributed by atoms with van der Waals surface area (Å²) < 4.78 is 7.50. The summed E-state index contributed by atoms with van der Waals surface area (Å²) in [5.41, 5.74) is 5.89. The van der Waals surface area contributed by atoms with Crippen molar-refractivity contribution in [1.29, 1.82) is 0 Å². The number of halogens is 1. The summed E-state index contributed by atoms with van der Waals surface area (Å²) in [6.45, 7) is 4.95. The van der Waals surface area contributed by atoms with Crippen LogP contribution in [0.5, 0.6) is 5.75 Å². The summed E-state index contributed by atoms with van der Waals surface area (Å²) in [5.74, 6) is 4.49. The number of ether oxygens (including phenoxy) is 1. The first-order valence-corrected chi connectivity index (χ1v) is 16.5. The standard InChI is InChI=1S/C36H49ClNO/c1-38(18-6-2-3-7-19-38)20-8-4-5-9-21-39-34-16-12-30(13-17-34)35(29-10-14-33(37)15-11-29)36-31-23-27-22-28(25-31)26-32(36)24-27/h10-17,27-28,31-32H,2-9,18-26H2,1H3/q+1. The van der Waals surface area contributed by atoms with Gasteiger partial charge in [0.15, 0.2) is 0 Å². The van der Waals surface area contributed by atoms with Gasteiger partial charge in [0.1, 0.15) is 5.75 Å². The molecule has 1 saturated heterocycles. The van der Waals surface area contributed by atoms with Crippen molar-refractivity contribution in [3.05, 3.63) is 70.3 Å². The predicted octanol–water partition coefficient (Wildman–Crippen LogP) is 9.56. The molecule has 3 heteroatoms. The second-order valence-electron chi connectivity index (χ2n) is 13.6. The van der Waals surface area contributed by atoms with Gasteiger partial charge in [0.05, 0.1) is 33.3 Å². The number of benzene rings is 2. The fourth-order valence-electron chi connectivity index (χ4n) is 8.75. The first kappa shape index (κ1) is 27.4. The summed E-state index contributed by atoms with van der Waals surface area (Å²) in [4.78, 5) is 0. The molecule has 2 aromatic rings. The average Bonchev–Trinajstić information content (AvgIpc) is 3.15.